The molecular formula is C35H59NO4. The lowest BCUT2D eigenvalue weighted by Crippen LogP contribution is -2.24. The number of hydrogen-bond acceptors (Lipinski definition) is 4. The monoisotopic (exact) mass is 557 g/mol. The summed E-state index contributed by atoms with van der Waals surface area (Å²) in [5.74, 6) is 1.82. The summed E-state index contributed by atoms with van der Waals surface area (Å²) in [6.07, 6.45) is 20.7. The van der Waals surface area contributed by atoms with Crippen LogP contribution in [0.1, 0.15) is 143 Å². The van der Waals surface area contributed by atoms with Crippen molar-refractivity contribution in [3.8, 4) is 17.2 Å². The van der Waals surface area contributed by atoms with Gasteiger partial charge in [-0.3, -0.25) is 4.79 Å². The molecule has 0 spiro atoms. The topological polar surface area (TPSA) is 49.7 Å². The Hall–Kier alpha value is -2.17. The number of ether oxygens (including phenoxy) is 3. The molecule has 0 atom stereocenters. The predicted molar refractivity (Wildman–Crippen MR) is 170 cm³/mol. The molecule has 1 aromatic heterocycles. The van der Waals surface area contributed by atoms with Crippen LogP contribution in [0.4, 0.5) is 0 Å². The van der Waals surface area contributed by atoms with E-state index in [2.05, 4.69) is 33.8 Å². The first kappa shape index (κ1) is 34.0. The zero-order valence-corrected chi connectivity index (χ0v) is 26.4. The second kappa shape index (κ2) is 21.6. The number of nitrogens with zero attached hydrogens (tertiary/aromatic N) is 1. The summed E-state index contributed by atoms with van der Waals surface area (Å²) >= 11 is 0. The Bertz CT molecular complexity index is 983. The molecule has 0 saturated carbocycles. The fraction of sp³-hybridized carbons (Fsp3) is 0.743. The van der Waals surface area contributed by atoms with Gasteiger partial charge in [0, 0.05) is 18.0 Å². The number of rotatable bonds is 25. The molecule has 5 heteroatoms. The van der Waals surface area contributed by atoms with Crippen LogP contribution in [0.5, 0.6) is 17.2 Å². The molecule has 0 unspecified atom stereocenters. The smallest absolute Gasteiger partial charge is 0.297 e. The summed E-state index contributed by atoms with van der Waals surface area (Å²) in [6.45, 7) is 11.4. The first-order chi connectivity index (χ1) is 19.7. The molecule has 228 valence electrons. The van der Waals surface area contributed by atoms with E-state index in [1.807, 2.05) is 16.7 Å². The second-order valence-corrected chi connectivity index (χ2v) is 11.3. The third kappa shape index (κ3) is 12.1. The van der Waals surface area contributed by atoms with Crippen molar-refractivity contribution >= 4 is 10.9 Å². The fourth-order valence-electron chi connectivity index (χ4n) is 5.14. The molecule has 0 aliphatic heterocycles. The van der Waals surface area contributed by atoms with Crippen LogP contribution >= 0.6 is 0 Å². The van der Waals surface area contributed by atoms with Crippen LogP contribution in [-0.2, 0) is 6.54 Å². The molecule has 5 nitrogen and oxygen atoms in total. The summed E-state index contributed by atoms with van der Waals surface area (Å²) in [6, 6.07) is 6.14. The zero-order chi connectivity index (χ0) is 28.8. The van der Waals surface area contributed by atoms with Gasteiger partial charge in [0.25, 0.3) is 5.56 Å². The van der Waals surface area contributed by atoms with E-state index in [1.165, 1.54) is 70.6 Å². The Morgan fingerprint density at radius 1 is 0.550 bits per heavy atom. The normalized spacial score (nSPS) is 11.3. The van der Waals surface area contributed by atoms with Crippen LogP contribution in [-0.4, -0.2) is 24.4 Å². The largest absolute Gasteiger partial charge is 0.494 e. The second-order valence-electron chi connectivity index (χ2n) is 11.3. The molecule has 0 fully saturated rings. The maximum atomic E-state index is 14.0. The fourth-order valence-corrected chi connectivity index (χ4v) is 5.14. The lowest BCUT2D eigenvalue weighted by atomic mass is 10.1. The number of unbranched alkanes of at least 4 members (excludes halogenated alkanes) is 14. The van der Waals surface area contributed by atoms with Crippen molar-refractivity contribution in [2.45, 2.75) is 150 Å². The third-order valence-corrected chi connectivity index (χ3v) is 7.64. The summed E-state index contributed by atoms with van der Waals surface area (Å²) < 4.78 is 20.7. The minimum absolute atomic E-state index is 0.0693. The standard InChI is InChI=1S/C35H59NO4/c1-5-9-13-17-18-19-25-36-32-29-30(38-26-20-14-10-6-2)23-24-31(32)33(39-27-21-15-11-7-3)34(35(36)37)40-28-22-16-12-8-4/h23-24,29H,5-22,25-28H2,1-4H3. The van der Waals surface area contributed by atoms with Gasteiger partial charge in [-0.2, -0.15) is 0 Å². The molecule has 0 amide bonds. The number of aromatic nitrogens is 1. The molecule has 0 aliphatic rings. The molecule has 0 aliphatic carbocycles. The Kier molecular flexibility index (Phi) is 18.3. The van der Waals surface area contributed by atoms with Crippen LogP contribution in [0, 0.1) is 0 Å². The van der Waals surface area contributed by atoms with Gasteiger partial charge in [-0.15, -0.1) is 0 Å². The van der Waals surface area contributed by atoms with Gasteiger partial charge in [0.2, 0.25) is 5.75 Å². The molecular weight excluding hydrogens is 498 g/mol. The third-order valence-electron chi connectivity index (χ3n) is 7.64. The molecule has 1 heterocycles. The molecule has 0 saturated heterocycles. The Balaban J connectivity index is 2.37. The van der Waals surface area contributed by atoms with Crippen molar-refractivity contribution < 1.29 is 14.2 Å². The van der Waals surface area contributed by atoms with Gasteiger partial charge in [0.05, 0.1) is 25.3 Å². The van der Waals surface area contributed by atoms with Crippen molar-refractivity contribution in [1.82, 2.24) is 4.57 Å². The highest BCUT2D eigenvalue weighted by molar-refractivity contribution is 5.89. The number of hydrogen-bond donors (Lipinski definition) is 0. The highest BCUT2D eigenvalue weighted by Gasteiger charge is 2.20. The average Bonchev–Trinajstić information content (AvgIpc) is 2.96. The summed E-state index contributed by atoms with van der Waals surface area (Å²) in [4.78, 5) is 14.0. The molecule has 0 bridgehead atoms. The highest BCUT2D eigenvalue weighted by atomic mass is 16.5. The van der Waals surface area contributed by atoms with Crippen LogP contribution in [0.25, 0.3) is 10.9 Å². The molecule has 2 aromatic rings. The zero-order valence-electron chi connectivity index (χ0n) is 26.4. The van der Waals surface area contributed by atoms with E-state index >= 15 is 0 Å². The van der Waals surface area contributed by atoms with Gasteiger partial charge in [-0.25, -0.2) is 0 Å². The lowest BCUT2D eigenvalue weighted by molar-refractivity contribution is 0.256. The van der Waals surface area contributed by atoms with Gasteiger partial charge in [0.15, 0.2) is 5.75 Å². The maximum Gasteiger partial charge on any atom is 0.297 e. The molecule has 40 heavy (non-hydrogen) atoms. The molecule has 2 rings (SSSR count). The van der Waals surface area contributed by atoms with E-state index in [0.717, 1.165) is 61.6 Å². The molecule has 1 aromatic carbocycles. The number of fused-ring (bicyclic) bond motifs is 1. The number of benzene rings is 1. The van der Waals surface area contributed by atoms with E-state index in [1.54, 1.807) is 0 Å². The van der Waals surface area contributed by atoms with E-state index in [-0.39, 0.29) is 5.56 Å². The maximum absolute atomic E-state index is 14.0. The van der Waals surface area contributed by atoms with Crippen molar-refractivity contribution in [2.75, 3.05) is 19.8 Å². The van der Waals surface area contributed by atoms with E-state index < -0.39 is 0 Å². The number of aryl methyl sites for hydroxylation is 1. The van der Waals surface area contributed by atoms with Crippen molar-refractivity contribution in [2.24, 2.45) is 0 Å². The SMILES string of the molecule is CCCCCCCCn1c(=O)c(OCCCCCC)c(OCCCCCC)c2ccc(OCCCCCC)cc21. The quantitative estimate of drug-likeness (QED) is 0.114. The molecule has 0 radical (unpaired) electrons. The summed E-state index contributed by atoms with van der Waals surface area (Å²) in [7, 11) is 0. The Morgan fingerprint density at radius 3 is 1.60 bits per heavy atom. The first-order valence-corrected chi connectivity index (χ1v) is 16.8. The summed E-state index contributed by atoms with van der Waals surface area (Å²) in [5, 5.41) is 0.947. The van der Waals surface area contributed by atoms with Gasteiger partial charge in [-0.05, 0) is 37.8 Å². The Labute approximate surface area is 245 Å². The minimum atomic E-state index is -0.0693. The lowest BCUT2D eigenvalue weighted by Gasteiger charge is -2.19. The number of pyridine rings is 1. The first-order valence-electron chi connectivity index (χ1n) is 16.8. The van der Waals surface area contributed by atoms with E-state index in [0.29, 0.717) is 37.9 Å². The van der Waals surface area contributed by atoms with Crippen LogP contribution < -0.4 is 19.8 Å². The Morgan fingerprint density at radius 2 is 1.02 bits per heavy atom. The molecule has 0 N–H and O–H groups in total. The van der Waals surface area contributed by atoms with Gasteiger partial charge < -0.3 is 18.8 Å². The summed E-state index contributed by atoms with van der Waals surface area (Å²) in [5.41, 5.74) is 0.826. The predicted octanol–water partition coefficient (Wildman–Crippen LogP) is 10.2. The van der Waals surface area contributed by atoms with Crippen LogP contribution in [0.2, 0.25) is 0 Å². The van der Waals surface area contributed by atoms with E-state index in [9.17, 15) is 4.79 Å². The van der Waals surface area contributed by atoms with Crippen molar-refractivity contribution in [3.05, 3.63) is 28.6 Å². The van der Waals surface area contributed by atoms with Crippen molar-refractivity contribution in [3.63, 3.8) is 0 Å². The van der Waals surface area contributed by atoms with Gasteiger partial charge >= 0.3 is 0 Å². The van der Waals surface area contributed by atoms with Crippen molar-refractivity contribution in [1.29, 1.82) is 0 Å². The average molecular weight is 558 g/mol. The van der Waals surface area contributed by atoms with Gasteiger partial charge in [-0.1, -0.05) is 118 Å². The highest BCUT2D eigenvalue weighted by Crippen LogP contribution is 2.35. The van der Waals surface area contributed by atoms with E-state index in [4.69, 9.17) is 14.2 Å². The minimum Gasteiger partial charge on any atom is -0.494 e. The van der Waals surface area contributed by atoms with Crippen LogP contribution in [0.15, 0.2) is 23.0 Å². The van der Waals surface area contributed by atoms with Gasteiger partial charge in [0.1, 0.15) is 5.75 Å². The van der Waals surface area contributed by atoms with Crippen LogP contribution in [0.3, 0.4) is 0 Å².